The molecule has 112 valence electrons. The van der Waals surface area contributed by atoms with Gasteiger partial charge in [0.25, 0.3) is 0 Å². The van der Waals surface area contributed by atoms with Crippen LogP contribution < -0.4 is 5.19 Å². The topological polar surface area (TPSA) is 12.9 Å². The number of nitrogens with zero attached hydrogens (tertiary/aromatic N) is 1. The molecule has 0 fully saturated rings. The minimum absolute atomic E-state index is 0.196. The van der Waals surface area contributed by atoms with E-state index in [0.717, 1.165) is 11.3 Å². The molecule has 0 aliphatic rings. The summed E-state index contributed by atoms with van der Waals surface area (Å²) in [6.07, 6.45) is 1.97. The van der Waals surface area contributed by atoms with Gasteiger partial charge in [-0.15, -0.1) is 0 Å². The summed E-state index contributed by atoms with van der Waals surface area (Å²) in [6.45, 7) is 13.2. The van der Waals surface area contributed by atoms with Gasteiger partial charge in [-0.2, -0.15) is 0 Å². The van der Waals surface area contributed by atoms with Crippen molar-refractivity contribution < 1.29 is 4.39 Å². The summed E-state index contributed by atoms with van der Waals surface area (Å²) in [6, 6.07) is 7.40. The van der Waals surface area contributed by atoms with Crippen LogP contribution in [-0.2, 0) is 0 Å². The van der Waals surface area contributed by atoms with Crippen molar-refractivity contribution in [2.45, 2.75) is 46.3 Å². The average molecular weight is 301 g/mol. The van der Waals surface area contributed by atoms with Crippen molar-refractivity contribution in [1.29, 1.82) is 0 Å². The quantitative estimate of drug-likeness (QED) is 0.737. The first-order valence-electron chi connectivity index (χ1n) is 7.47. The van der Waals surface area contributed by atoms with Gasteiger partial charge in [0.15, 0.2) is 0 Å². The zero-order chi connectivity index (χ0) is 15.8. The molecule has 0 radical (unpaired) electrons. The number of aryl methyl sites for hydroxylation is 1. The molecule has 3 heteroatoms. The van der Waals surface area contributed by atoms with Crippen molar-refractivity contribution >= 4 is 13.3 Å². The Bertz CT molecular complexity index is 657. The van der Waals surface area contributed by atoms with Crippen LogP contribution in [0.15, 0.2) is 30.5 Å². The van der Waals surface area contributed by atoms with Gasteiger partial charge in [0.2, 0.25) is 0 Å². The van der Waals surface area contributed by atoms with Crippen molar-refractivity contribution in [3.05, 3.63) is 47.4 Å². The van der Waals surface area contributed by atoms with Crippen LogP contribution in [0, 0.1) is 12.7 Å². The number of benzene rings is 1. The third-order valence-corrected chi connectivity index (χ3v) is 5.80. The molecule has 1 nitrogen and oxygen atoms in total. The Balaban J connectivity index is 2.60. The van der Waals surface area contributed by atoms with Crippen LogP contribution in [-0.4, -0.2) is 13.1 Å². The van der Waals surface area contributed by atoms with E-state index in [1.807, 2.05) is 25.3 Å². The maximum Gasteiger partial charge on any atom is 0.132 e. The Kier molecular flexibility index (Phi) is 4.33. The minimum atomic E-state index is -1.44. The van der Waals surface area contributed by atoms with E-state index in [9.17, 15) is 4.39 Å². The smallest absolute Gasteiger partial charge is 0.132 e. The van der Waals surface area contributed by atoms with E-state index < -0.39 is 8.07 Å². The fraction of sp³-hybridized carbons (Fsp3) is 0.389. The standard InChI is InChI=1S/C18H24FNSi/c1-12(2)15-10-17(20-11-18(15)21(4,5)6)14-8-7-13(3)9-16(14)19/h7-12H,1-6H3. The van der Waals surface area contributed by atoms with Gasteiger partial charge in [0.1, 0.15) is 5.82 Å². The van der Waals surface area contributed by atoms with Gasteiger partial charge in [-0.05, 0) is 47.4 Å². The second-order valence-electron chi connectivity index (χ2n) is 7.04. The molecule has 21 heavy (non-hydrogen) atoms. The van der Waals surface area contributed by atoms with Gasteiger partial charge in [-0.3, -0.25) is 4.98 Å². The van der Waals surface area contributed by atoms with Crippen molar-refractivity contribution in [2.24, 2.45) is 0 Å². The van der Waals surface area contributed by atoms with E-state index in [1.165, 1.54) is 10.8 Å². The second kappa shape index (κ2) is 5.72. The summed E-state index contributed by atoms with van der Waals surface area (Å²) >= 11 is 0. The largest absolute Gasteiger partial charge is 0.256 e. The Morgan fingerprint density at radius 3 is 2.29 bits per heavy atom. The van der Waals surface area contributed by atoms with Gasteiger partial charge >= 0.3 is 0 Å². The van der Waals surface area contributed by atoms with Gasteiger partial charge in [-0.1, -0.05) is 39.6 Å². The van der Waals surface area contributed by atoms with Crippen LogP contribution >= 0.6 is 0 Å². The molecule has 0 aliphatic heterocycles. The van der Waals surface area contributed by atoms with Crippen LogP contribution in [0.3, 0.4) is 0 Å². The maximum absolute atomic E-state index is 14.2. The van der Waals surface area contributed by atoms with E-state index in [1.54, 1.807) is 6.07 Å². The van der Waals surface area contributed by atoms with Crippen LogP contribution in [0.2, 0.25) is 19.6 Å². The Morgan fingerprint density at radius 1 is 1.10 bits per heavy atom. The predicted molar refractivity (Wildman–Crippen MR) is 91.4 cm³/mol. The number of rotatable bonds is 3. The first-order chi connectivity index (χ1) is 9.70. The van der Waals surface area contributed by atoms with E-state index >= 15 is 0 Å². The molecule has 1 aromatic heterocycles. The molecule has 0 saturated carbocycles. The lowest BCUT2D eigenvalue weighted by Crippen LogP contribution is -2.40. The summed E-state index contributed by atoms with van der Waals surface area (Å²) in [5.74, 6) is 0.222. The molecule has 0 N–H and O–H groups in total. The highest BCUT2D eigenvalue weighted by atomic mass is 28.3. The Hall–Kier alpha value is -1.48. The Morgan fingerprint density at radius 2 is 1.76 bits per heavy atom. The highest BCUT2D eigenvalue weighted by Crippen LogP contribution is 2.25. The fourth-order valence-corrected chi connectivity index (χ4v) is 4.23. The first kappa shape index (κ1) is 15.9. The van der Waals surface area contributed by atoms with Crippen molar-refractivity contribution in [3.63, 3.8) is 0 Å². The number of aromatic nitrogens is 1. The summed E-state index contributed by atoms with van der Waals surface area (Å²) in [5.41, 5.74) is 3.56. The number of halogens is 1. The zero-order valence-corrected chi connectivity index (χ0v) is 14.8. The average Bonchev–Trinajstić information content (AvgIpc) is 2.37. The number of hydrogen-bond donors (Lipinski definition) is 0. The van der Waals surface area contributed by atoms with Gasteiger partial charge in [0.05, 0.1) is 13.8 Å². The molecule has 0 spiro atoms. The van der Waals surface area contributed by atoms with Crippen LogP contribution in [0.5, 0.6) is 0 Å². The maximum atomic E-state index is 14.2. The van der Waals surface area contributed by atoms with E-state index in [2.05, 4.69) is 44.5 Å². The van der Waals surface area contributed by atoms with Gasteiger partial charge in [0, 0.05) is 11.8 Å². The lowest BCUT2D eigenvalue weighted by molar-refractivity contribution is 0.629. The first-order valence-corrected chi connectivity index (χ1v) is 11.0. The second-order valence-corrected chi connectivity index (χ2v) is 12.1. The monoisotopic (exact) mass is 301 g/mol. The molecule has 1 heterocycles. The van der Waals surface area contributed by atoms with Crippen molar-refractivity contribution in [1.82, 2.24) is 4.98 Å². The normalized spacial score (nSPS) is 12.0. The molecule has 2 rings (SSSR count). The molecule has 1 aromatic carbocycles. The lowest BCUT2D eigenvalue weighted by Gasteiger charge is -2.23. The minimum Gasteiger partial charge on any atom is -0.256 e. The lowest BCUT2D eigenvalue weighted by atomic mass is 10.0. The summed E-state index contributed by atoms with van der Waals surface area (Å²) in [5, 5.41) is 1.37. The molecular weight excluding hydrogens is 277 g/mol. The SMILES string of the molecule is Cc1ccc(-c2cc(C(C)C)c([Si](C)(C)C)cn2)c(F)c1. The molecule has 0 amide bonds. The highest BCUT2D eigenvalue weighted by molar-refractivity contribution is 6.89. The molecule has 0 atom stereocenters. The van der Waals surface area contributed by atoms with Crippen LogP contribution in [0.4, 0.5) is 4.39 Å². The summed E-state index contributed by atoms with van der Waals surface area (Å²) in [4.78, 5) is 4.54. The molecule has 0 bridgehead atoms. The van der Waals surface area contributed by atoms with Gasteiger partial charge in [-0.25, -0.2) is 4.39 Å². The molecule has 0 aliphatic carbocycles. The molecule has 2 aromatic rings. The number of hydrogen-bond acceptors (Lipinski definition) is 1. The molecule has 0 unspecified atom stereocenters. The van der Waals surface area contributed by atoms with E-state index in [4.69, 9.17) is 0 Å². The third kappa shape index (κ3) is 3.41. The van der Waals surface area contributed by atoms with Crippen molar-refractivity contribution in [2.75, 3.05) is 0 Å². The number of pyridine rings is 1. The van der Waals surface area contributed by atoms with Crippen molar-refractivity contribution in [3.8, 4) is 11.3 Å². The third-order valence-electron chi connectivity index (χ3n) is 3.77. The predicted octanol–water partition coefficient (Wildman–Crippen LogP) is 4.86. The van der Waals surface area contributed by atoms with Crippen LogP contribution in [0.1, 0.15) is 30.9 Å². The van der Waals surface area contributed by atoms with E-state index in [-0.39, 0.29) is 5.82 Å². The summed E-state index contributed by atoms with van der Waals surface area (Å²) < 4.78 is 14.2. The molecule has 0 saturated heterocycles. The zero-order valence-electron chi connectivity index (χ0n) is 13.8. The Labute approximate surface area is 128 Å². The molecular formula is C18H24FNSi. The van der Waals surface area contributed by atoms with E-state index in [0.29, 0.717) is 11.5 Å². The fourth-order valence-electron chi connectivity index (χ4n) is 2.55. The highest BCUT2D eigenvalue weighted by Gasteiger charge is 2.23. The van der Waals surface area contributed by atoms with Gasteiger partial charge < -0.3 is 0 Å². The summed E-state index contributed by atoms with van der Waals surface area (Å²) in [7, 11) is -1.44. The van der Waals surface area contributed by atoms with Crippen LogP contribution in [0.25, 0.3) is 11.3 Å².